The van der Waals surface area contributed by atoms with Crippen molar-refractivity contribution < 1.29 is 23.8 Å². The number of rotatable bonds is 8. The van der Waals surface area contributed by atoms with Gasteiger partial charge in [0.25, 0.3) is 5.91 Å². The monoisotopic (exact) mass is 467 g/mol. The number of amides is 2. The molecule has 0 saturated carbocycles. The number of hydrogen-bond acceptors (Lipinski definition) is 5. The molecule has 0 aromatic heterocycles. The second kappa shape index (κ2) is 10.4. The van der Waals surface area contributed by atoms with Crippen molar-refractivity contribution in [2.75, 3.05) is 45.2 Å². The minimum Gasteiger partial charge on any atom is -0.493 e. The number of carbonyl (C=O) groups is 2. The molecule has 0 fully saturated rings. The topological polar surface area (TPSA) is 82.1 Å². The Kier molecular flexibility index (Phi) is 7.29. The van der Waals surface area contributed by atoms with Crippen LogP contribution in [-0.4, -0.2) is 68.3 Å². The number of likely N-dealkylation sites (N-methyl/N-ethyl adjacent to an activating group) is 1. The molecule has 1 atom stereocenters. The lowest BCUT2D eigenvalue weighted by Crippen LogP contribution is -2.37. The molecule has 4 rings (SSSR count). The first-order valence-electron chi connectivity index (χ1n) is 11.5. The van der Waals surface area contributed by atoms with Gasteiger partial charge in [-0.3, -0.25) is 14.5 Å². The van der Waals surface area contributed by atoms with Gasteiger partial charge in [-0.2, -0.15) is 0 Å². The summed E-state index contributed by atoms with van der Waals surface area (Å²) in [4.78, 5) is 28.0. The highest BCUT2D eigenvalue weighted by molar-refractivity contribution is 6.03. The zero-order valence-electron chi connectivity index (χ0n) is 19.5. The molecule has 2 aromatic carbocycles. The fourth-order valence-electron chi connectivity index (χ4n) is 4.55. The number of nitrogens with zero attached hydrogens (tertiary/aromatic N) is 2. The van der Waals surface area contributed by atoms with Crippen molar-refractivity contribution >= 4 is 23.1 Å². The van der Waals surface area contributed by atoms with Crippen molar-refractivity contribution in [1.29, 1.82) is 0 Å². The summed E-state index contributed by atoms with van der Waals surface area (Å²) in [6.07, 6.45) is 2.95. The molecule has 0 bridgehead atoms. The number of carbonyl (C=O) groups excluding carboxylic acids is 2. The van der Waals surface area contributed by atoms with Crippen molar-refractivity contribution in [1.82, 2.24) is 10.2 Å². The van der Waals surface area contributed by atoms with Gasteiger partial charge in [-0.1, -0.05) is 18.2 Å². The van der Waals surface area contributed by atoms with E-state index in [1.807, 2.05) is 12.1 Å². The smallest absolute Gasteiger partial charge is 0.251 e. The molecule has 2 amide bonds. The van der Waals surface area contributed by atoms with Gasteiger partial charge in [-0.15, -0.1) is 0 Å². The Morgan fingerprint density at radius 1 is 1.29 bits per heavy atom. The summed E-state index contributed by atoms with van der Waals surface area (Å²) < 4.78 is 19.2. The van der Waals surface area contributed by atoms with Gasteiger partial charge in [0, 0.05) is 50.0 Å². The number of fused-ring (bicyclic) bond motifs is 1. The number of aliphatic hydroxyl groups excluding tert-OH is 1. The number of para-hydroxylation sites is 1. The molecule has 2 heterocycles. The molecule has 0 spiro atoms. The van der Waals surface area contributed by atoms with E-state index in [2.05, 4.69) is 10.2 Å². The van der Waals surface area contributed by atoms with Gasteiger partial charge in [0.15, 0.2) is 11.6 Å². The van der Waals surface area contributed by atoms with Gasteiger partial charge in [-0.05, 0) is 48.2 Å². The van der Waals surface area contributed by atoms with Crippen molar-refractivity contribution in [3.8, 4) is 5.75 Å². The lowest BCUT2D eigenvalue weighted by molar-refractivity contribution is -0.117. The van der Waals surface area contributed by atoms with E-state index in [4.69, 9.17) is 4.74 Å². The fraction of sp³-hybridized carbons (Fsp3) is 0.385. The standard InChI is InChI=1S/C26H30FN3O4/c1-29-23-7-6-18(14-19(23)15-24(29)32)26(33)28-11-8-20(31)16-30-12-9-17(10-13-30)21-4-3-5-22(27)25(21)34-2/h3-7,9,14,20,31H,8,10-13,15-16H2,1-2H3,(H,28,33)/t20-/m1/s1. The summed E-state index contributed by atoms with van der Waals surface area (Å²) >= 11 is 0. The predicted octanol–water partition coefficient (Wildman–Crippen LogP) is 2.62. The van der Waals surface area contributed by atoms with E-state index in [1.54, 1.807) is 36.2 Å². The highest BCUT2D eigenvalue weighted by Gasteiger charge is 2.25. The van der Waals surface area contributed by atoms with Crippen LogP contribution >= 0.6 is 0 Å². The third-order valence-electron chi connectivity index (χ3n) is 6.46. The maximum Gasteiger partial charge on any atom is 0.251 e. The summed E-state index contributed by atoms with van der Waals surface area (Å²) in [5.41, 5.74) is 4.02. The van der Waals surface area contributed by atoms with Crippen LogP contribution in [0.1, 0.15) is 34.3 Å². The Hall–Kier alpha value is -3.23. The molecule has 180 valence electrons. The Balaban J connectivity index is 1.24. The molecular weight excluding hydrogens is 437 g/mol. The number of anilines is 1. The maximum atomic E-state index is 14.0. The van der Waals surface area contributed by atoms with Gasteiger partial charge in [0.05, 0.1) is 19.6 Å². The summed E-state index contributed by atoms with van der Waals surface area (Å²) in [6, 6.07) is 10.2. The summed E-state index contributed by atoms with van der Waals surface area (Å²) in [6.45, 7) is 2.25. The first kappa shape index (κ1) is 23.9. The van der Waals surface area contributed by atoms with Gasteiger partial charge in [0.1, 0.15) is 0 Å². The predicted molar refractivity (Wildman–Crippen MR) is 128 cm³/mol. The van der Waals surface area contributed by atoms with E-state index < -0.39 is 6.10 Å². The molecule has 8 heteroatoms. The Morgan fingerprint density at radius 2 is 2.12 bits per heavy atom. The van der Waals surface area contributed by atoms with Gasteiger partial charge < -0.3 is 20.1 Å². The van der Waals surface area contributed by atoms with Crippen LogP contribution in [0.2, 0.25) is 0 Å². The number of hydrogen-bond donors (Lipinski definition) is 2. The van der Waals surface area contributed by atoms with Crippen molar-refractivity contribution in [2.45, 2.75) is 25.4 Å². The molecule has 2 aliphatic heterocycles. The Labute approximate surface area is 198 Å². The van der Waals surface area contributed by atoms with E-state index in [-0.39, 0.29) is 23.4 Å². The molecule has 7 nitrogen and oxygen atoms in total. The second-order valence-corrected chi connectivity index (χ2v) is 8.73. The minimum atomic E-state index is -0.578. The van der Waals surface area contributed by atoms with Crippen LogP contribution in [0.25, 0.3) is 5.57 Å². The molecule has 0 aliphatic carbocycles. The molecular formula is C26H30FN3O4. The number of β-amino-alcohol motifs (C(OH)–C–C–N with tert-alkyl or cyclic N) is 1. The second-order valence-electron chi connectivity index (χ2n) is 8.73. The average molecular weight is 468 g/mol. The van der Waals surface area contributed by atoms with E-state index in [0.29, 0.717) is 38.0 Å². The van der Waals surface area contributed by atoms with E-state index in [9.17, 15) is 19.1 Å². The highest BCUT2D eigenvalue weighted by Crippen LogP contribution is 2.32. The number of halogens is 1. The van der Waals surface area contributed by atoms with Crippen LogP contribution in [-0.2, 0) is 11.2 Å². The largest absolute Gasteiger partial charge is 0.493 e. The zero-order valence-corrected chi connectivity index (χ0v) is 19.5. The zero-order chi connectivity index (χ0) is 24.2. The van der Waals surface area contributed by atoms with Crippen LogP contribution in [0.4, 0.5) is 10.1 Å². The SMILES string of the molecule is COc1c(F)cccc1C1=CCN(C[C@H](O)CCNC(=O)c2ccc3c(c2)CC(=O)N3C)CC1. The van der Waals surface area contributed by atoms with E-state index in [0.717, 1.165) is 35.4 Å². The summed E-state index contributed by atoms with van der Waals surface area (Å²) in [5.74, 6) is -0.307. The lowest BCUT2D eigenvalue weighted by atomic mass is 9.98. The fourth-order valence-corrected chi connectivity index (χ4v) is 4.55. The quantitative estimate of drug-likeness (QED) is 0.624. The van der Waals surface area contributed by atoms with Crippen LogP contribution < -0.4 is 15.0 Å². The first-order valence-corrected chi connectivity index (χ1v) is 11.5. The van der Waals surface area contributed by atoms with Gasteiger partial charge in [-0.25, -0.2) is 4.39 Å². The van der Waals surface area contributed by atoms with Crippen LogP contribution in [0, 0.1) is 5.82 Å². The number of nitrogens with one attached hydrogen (secondary N) is 1. The average Bonchev–Trinajstić information content (AvgIpc) is 3.12. The number of ether oxygens (including phenoxy) is 1. The molecule has 2 aliphatic rings. The molecule has 0 saturated heterocycles. The third kappa shape index (κ3) is 5.13. The molecule has 0 radical (unpaired) electrons. The molecule has 2 aromatic rings. The normalized spacial score (nSPS) is 16.8. The van der Waals surface area contributed by atoms with Crippen LogP contribution in [0.5, 0.6) is 5.75 Å². The highest BCUT2D eigenvalue weighted by atomic mass is 19.1. The Morgan fingerprint density at radius 3 is 2.85 bits per heavy atom. The maximum absolute atomic E-state index is 14.0. The number of methoxy groups -OCH3 is 1. The van der Waals surface area contributed by atoms with E-state index >= 15 is 0 Å². The van der Waals surface area contributed by atoms with Crippen LogP contribution in [0.3, 0.4) is 0 Å². The van der Waals surface area contributed by atoms with Gasteiger partial charge in [0.2, 0.25) is 5.91 Å². The lowest BCUT2D eigenvalue weighted by Gasteiger charge is -2.28. The molecule has 34 heavy (non-hydrogen) atoms. The third-order valence-corrected chi connectivity index (χ3v) is 6.46. The van der Waals surface area contributed by atoms with Gasteiger partial charge >= 0.3 is 0 Å². The molecule has 0 unspecified atom stereocenters. The van der Waals surface area contributed by atoms with Crippen molar-refractivity contribution in [3.05, 3.63) is 65.0 Å². The minimum absolute atomic E-state index is 0.0189. The van der Waals surface area contributed by atoms with E-state index in [1.165, 1.54) is 13.2 Å². The first-order chi connectivity index (χ1) is 16.4. The summed E-state index contributed by atoms with van der Waals surface area (Å²) in [7, 11) is 3.20. The molecule has 2 N–H and O–H groups in total. The van der Waals surface area contributed by atoms with Crippen LogP contribution in [0.15, 0.2) is 42.5 Å². The van der Waals surface area contributed by atoms with Crippen molar-refractivity contribution in [2.24, 2.45) is 0 Å². The van der Waals surface area contributed by atoms with Crippen molar-refractivity contribution in [3.63, 3.8) is 0 Å². The summed E-state index contributed by atoms with van der Waals surface area (Å²) in [5, 5.41) is 13.3. The number of benzene rings is 2. The number of aliphatic hydroxyl groups is 1. The Bertz CT molecular complexity index is 1120.